The minimum atomic E-state index is -1.02. The molecule has 1 aromatic heterocycles. The van der Waals surface area contributed by atoms with Crippen molar-refractivity contribution >= 4 is 17.9 Å². The molecule has 9 heteroatoms. The first-order valence-electron chi connectivity index (χ1n) is 11.6. The summed E-state index contributed by atoms with van der Waals surface area (Å²) in [6.45, 7) is 0.769. The monoisotopic (exact) mass is 471 g/mol. The molecule has 0 saturated heterocycles. The van der Waals surface area contributed by atoms with Gasteiger partial charge in [-0.3, -0.25) is 9.59 Å². The lowest BCUT2D eigenvalue weighted by Gasteiger charge is -2.29. The number of hydrogen-bond acceptors (Lipinski definition) is 5. The highest BCUT2D eigenvalue weighted by Gasteiger charge is 2.31. The van der Waals surface area contributed by atoms with E-state index in [4.69, 9.17) is 9.15 Å². The molecule has 3 amide bonds. The summed E-state index contributed by atoms with van der Waals surface area (Å²) >= 11 is 0. The fraction of sp³-hybridized carbons (Fsp3) is 0.480. The van der Waals surface area contributed by atoms with Crippen molar-refractivity contribution in [2.24, 2.45) is 5.92 Å². The van der Waals surface area contributed by atoms with Crippen LogP contribution in [0.3, 0.4) is 0 Å². The molecule has 3 rings (SSSR count). The van der Waals surface area contributed by atoms with E-state index in [-0.39, 0.29) is 30.7 Å². The summed E-state index contributed by atoms with van der Waals surface area (Å²) in [6.07, 6.45) is 4.06. The topological polar surface area (TPSA) is 121 Å². The molecule has 0 aliphatic heterocycles. The van der Waals surface area contributed by atoms with Gasteiger partial charge < -0.3 is 29.8 Å². The Balaban J connectivity index is 1.71. The lowest BCUT2D eigenvalue weighted by atomic mass is 9.83. The second-order valence-electron chi connectivity index (χ2n) is 8.52. The van der Waals surface area contributed by atoms with E-state index in [9.17, 15) is 19.5 Å². The third-order valence-electron chi connectivity index (χ3n) is 6.19. The number of likely N-dealkylation sites (N-methyl/N-ethyl adjacent to an activating group) is 1. The van der Waals surface area contributed by atoms with Crippen LogP contribution in [0.1, 0.15) is 48.2 Å². The van der Waals surface area contributed by atoms with E-state index >= 15 is 0 Å². The van der Waals surface area contributed by atoms with Crippen LogP contribution in [0.25, 0.3) is 11.3 Å². The lowest BCUT2D eigenvalue weighted by molar-refractivity contribution is -0.124. The highest BCUT2D eigenvalue weighted by molar-refractivity contribution is 5.96. The number of nitrogens with zero attached hydrogens (tertiary/aromatic N) is 1. The number of furan rings is 1. The van der Waals surface area contributed by atoms with Crippen molar-refractivity contribution in [3.8, 4) is 11.3 Å². The Hall–Kier alpha value is -3.33. The first kappa shape index (κ1) is 25.3. The summed E-state index contributed by atoms with van der Waals surface area (Å²) in [5, 5.41) is 14.9. The van der Waals surface area contributed by atoms with Gasteiger partial charge in [0.25, 0.3) is 5.91 Å². The molecular weight excluding hydrogens is 438 g/mol. The van der Waals surface area contributed by atoms with E-state index in [1.807, 2.05) is 24.3 Å². The molecule has 1 atom stereocenters. The standard InChI is InChI=1S/C25H33N3O6/c1-26-24(30)22(18-8-4-3-5-9-18)27-23(29)21-12-11-20(34-21)19-10-6-7-17(15-19)16-28(25(31)32)13-14-33-2/h6-7,10-12,15,18,22H,3-5,8-9,13-14,16H2,1-2H3,(H,26,30)(H,27,29)(H,31,32)/t22-/m0/s1. The van der Waals surface area contributed by atoms with Gasteiger partial charge in [0.15, 0.2) is 5.76 Å². The van der Waals surface area contributed by atoms with Crippen LogP contribution < -0.4 is 10.6 Å². The molecule has 1 fully saturated rings. The van der Waals surface area contributed by atoms with E-state index in [0.717, 1.165) is 43.2 Å². The van der Waals surface area contributed by atoms with Crippen molar-refractivity contribution < 1.29 is 28.6 Å². The predicted molar refractivity (Wildman–Crippen MR) is 126 cm³/mol. The highest BCUT2D eigenvalue weighted by Crippen LogP contribution is 2.28. The van der Waals surface area contributed by atoms with Gasteiger partial charge in [0.1, 0.15) is 11.8 Å². The van der Waals surface area contributed by atoms with Crippen molar-refractivity contribution in [1.82, 2.24) is 15.5 Å². The number of amides is 3. The van der Waals surface area contributed by atoms with Crippen LogP contribution in [0, 0.1) is 5.92 Å². The van der Waals surface area contributed by atoms with Gasteiger partial charge in [-0.15, -0.1) is 0 Å². The SMILES string of the molecule is CNC(=O)[C@@H](NC(=O)c1ccc(-c2cccc(CN(CCOC)C(=O)O)c2)o1)C1CCCCC1. The van der Waals surface area contributed by atoms with Crippen LogP contribution in [-0.4, -0.2) is 61.3 Å². The van der Waals surface area contributed by atoms with Crippen LogP contribution >= 0.6 is 0 Å². The molecule has 1 heterocycles. The number of rotatable bonds is 10. The average molecular weight is 472 g/mol. The lowest BCUT2D eigenvalue weighted by Crippen LogP contribution is -2.50. The summed E-state index contributed by atoms with van der Waals surface area (Å²) in [5.74, 6) is 0.0886. The molecule has 9 nitrogen and oxygen atoms in total. The zero-order valence-corrected chi connectivity index (χ0v) is 19.7. The van der Waals surface area contributed by atoms with E-state index in [1.54, 1.807) is 19.2 Å². The van der Waals surface area contributed by atoms with Crippen molar-refractivity contribution in [3.63, 3.8) is 0 Å². The largest absolute Gasteiger partial charge is 0.465 e. The molecule has 1 saturated carbocycles. The zero-order chi connectivity index (χ0) is 24.5. The Labute approximate surface area is 199 Å². The molecule has 0 bridgehead atoms. The number of carbonyl (C=O) groups excluding carboxylic acids is 2. The number of methoxy groups -OCH3 is 1. The van der Waals surface area contributed by atoms with Crippen LogP contribution in [0.2, 0.25) is 0 Å². The molecule has 1 aliphatic rings. The van der Waals surface area contributed by atoms with E-state index in [2.05, 4.69) is 10.6 Å². The first-order chi connectivity index (χ1) is 16.4. The molecule has 0 unspecified atom stereocenters. The van der Waals surface area contributed by atoms with Crippen molar-refractivity contribution in [2.75, 3.05) is 27.3 Å². The third kappa shape index (κ3) is 6.60. The minimum absolute atomic E-state index is 0.110. The number of carbonyl (C=O) groups is 3. The molecule has 184 valence electrons. The summed E-state index contributed by atoms with van der Waals surface area (Å²) < 4.78 is 10.8. The summed E-state index contributed by atoms with van der Waals surface area (Å²) in [4.78, 5) is 38.1. The molecule has 0 radical (unpaired) electrons. The molecule has 0 spiro atoms. The minimum Gasteiger partial charge on any atom is -0.465 e. The van der Waals surface area contributed by atoms with Gasteiger partial charge in [-0.2, -0.15) is 0 Å². The number of nitrogens with one attached hydrogen (secondary N) is 2. The normalized spacial score (nSPS) is 14.9. The maximum atomic E-state index is 12.9. The van der Waals surface area contributed by atoms with Crippen LogP contribution in [0.15, 0.2) is 40.8 Å². The van der Waals surface area contributed by atoms with Crippen molar-refractivity contribution in [2.45, 2.75) is 44.7 Å². The Bertz CT molecular complexity index is 983. The Kier molecular flexibility index (Phi) is 9.09. The van der Waals surface area contributed by atoms with Gasteiger partial charge in [0.2, 0.25) is 5.91 Å². The Morgan fingerprint density at radius 3 is 2.62 bits per heavy atom. The fourth-order valence-corrected chi connectivity index (χ4v) is 4.34. The third-order valence-corrected chi connectivity index (χ3v) is 6.19. The predicted octanol–water partition coefficient (Wildman–Crippen LogP) is 3.50. The maximum absolute atomic E-state index is 12.9. The van der Waals surface area contributed by atoms with Crippen molar-refractivity contribution in [1.29, 1.82) is 0 Å². The number of hydrogen-bond donors (Lipinski definition) is 3. The van der Waals surface area contributed by atoms with E-state index in [1.165, 1.54) is 12.0 Å². The summed E-state index contributed by atoms with van der Waals surface area (Å²) in [6, 6.07) is 10.0. The average Bonchev–Trinajstić information content (AvgIpc) is 3.35. The molecule has 34 heavy (non-hydrogen) atoms. The first-order valence-corrected chi connectivity index (χ1v) is 11.6. The van der Waals surface area contributed by atoms with Gasteiger partial charge in [0.05, 0.1) is 6.61 Å². The second-order valence-corrected chi connectivity index (χ2v) is 8.52. The number of benzene rings is 1. The van der Waals surface area contributed by atoms with Gasteiger partial charge in [-0.25, -0.2) is 4.79 Å². The zero-order valence-electron chi connectivity index (χ0n) is 19.7. The number of carboxylic acid groups (broad SMARTS) is 1. The van der Waals surface area contributed by atoms with Gasteiger partial charge in [0, 0.05) is 32.8 Å². The maximum Gasteiger partial charge on any atom is 0.407 e. The van der Waals surface area contributed by atoms with Crippen LogP contribution in [0.4, 0.5) is 4.79 Å². The molecular formula is C25H33N3O6. The second kappa shape index (κ2) is 12.2. The summed E-state index contributed by atoms with van der Waals surface area (Å²) in [5.41, 5.74) is 1.51. The van der Waals surface area contributed by atoms with E-state index in [0.29, 0.717) is 12.4 Å². The van der Waals surface area contributed by atoms with Gasteiger partial charge in [-0.1, -0.05) is 37.5 Å². The van der Waals surface area contributed by atoms with Crippen LogP contribution in [0.5, 0.6) is 0 Å². The van der Waals surface area contributed by atoms with Crippen LogP contribution in [-0.2, 0) is 16.1 Å². The molecule has 3 N–H and O–H groups in total. The number of ether oxygens (including phenoxy) is 1. The Morgan fingerprint density at radius 2 is 1.94 bits per heavy atom. The van der Waals surface area contributed by atoms with E-state index < -0.39 is 18.0 Å². The molecule has 2 aromatic rings. The Morgan fingerprint density at radius 1 is 1.18 bits per heavy atom. The van der Waals surface area contributed by atoms with Gasteiger partial charge >= 0.3 is 6.09 Å². The van der Waals surface area contributed by atoms with Gasteiger partial charge in [-0.05, 0) is 42.5 Å². The van der Waals surface area contributed by atoms with Crippen molar-refractivity contribution in [3.05, 3.63) is 47.7 Å². The highest BCUT2D eigenvalue weighted by atomic mass is 16.5. The molecule has 1 aromatic carbocycles. The quantitative estimate of drug-likeness (QED) is 0.488. The summed E-state index contributed by atoms with van der Waals surface area (Å²) in [7, 11) is 3.10. The smallest absolute Gasteiger partial charge is 0.407 e. The fourth-order valence-electron chi connectivity index (χ4n) is 4.34. The molecule has 1 aliphatic carbocycles.